The molecule has 0 saturated carbocycles. The van der Waals surface area contributed by atoms with Crippen LogP contribution in [-0.2, 0) is 6.54 Å². The molecule has 0 atom stereocenters. The lowest BCUT2D eigenvalue weighted by Gasteiger charge is -2.09. The Morgan fingerprint density at radius 1 is 1.22 bits per heavy atom. The maximum atomic E-state index is 6.07. The van der Waals surface area contributed by atoms with E-state index in [1.165, 1.54) is 0 Å². The van der Waals surface area contributed by atoms with Crippen molar-refractivity contribution in [3.05, 3.63) is 40.9 Å². The Morgan fingerprint density at radius 3 is 2.67 bits per heavy atom. The number of anilines is 3. The molecule has 1 heterocycles. The molecule has 0 aliphatic carbocycles. The van der Waals surface area contributed by atoms with Gasteiger partial charge in [-0.25, -0.2) is 0 Å². The second-order valence-electron chi connectivity index (χ2n) is 3.69. The van der Waals surface area contributed by atoms with Crippen molar-refractivity contribution in [1.82, 2.24) is 9.97 Å². The van der Waals surface area contributed by atoms with Crippen LogP contribution in [0.5, 0.6) is 0 Å². The Morgan fingerprint density at radius 2 is 1.94 bits per heavy atom. The van der Waals surface area contributed by atoms with Crippen molar-refractivity contribution in [2.45, 2.75) is 6.54 Å². The molecule has 4 N–H and O–H groups in total. The monoisotopic (exact) mass is 263 g/mol. The maximum absolute atomic E-state index is 6.07. The minimum absolute atomic E-state index is 0.225. The van der Waals surface area contributed by atoms with E-state index in [0.29, 0.717) is 18.2 Å². The van der Waals surface area contributed by atoms with Gasteiger partial charge in [-0.1, -0.05) is 29.8 Å². The summed E-state index contributed by atoms with van der Waals surface area (Å²) in [5.74, 6) is 1.56. The van der Waals surface area contributed by atoms with Gasteiger partial charge in [0.1, 0.15) is 11.6 Å². The molecule has 1 aromatic carbocycles. The summed E-state index contributed by atoms with van der Waals surface area (Å²) in [6, 6.07) is 9.43. The van der Waals surface area contributed by atoms with Crippen LogP contribution in [0.2, 0.25) is 5.02 Å². The van der Waals surface area contributed by atoms with Crippen molar-refractivity contribution >= 4 is 29.2 Å². The Hall–Kier alpha value is -2.01. The summed E-state index contributed by atoms with van der Waals surface area (Å²) in [4.78, 5) is 8.11. The van der Waals surface area contributed by atoms with Crippen molar-refractivity contribution in [3.63, 3.8) is 0 Å². The first-order valence-electron chi connectivity index (χ1n) is 5.48. The van der Waals surface area contributed by atoms with Gasteiger partial charge in [-0.3, -0.25) is 0 Å². The highest BCUT2D eigenvalue weighted by Gasteiger charge is 2.02. The number of rotatable bonds is 4. The molecule has 94 valence electrons. The number of nitrogens with one attached hydrogen (secondary N) is 2. The van der Waals surface area contributed by atoms with Gasteiger partial charge < -0.3 is 16.4 Å². The van der Waals surface area contributed by atoms with Crippen LogP contribution in [0, 0.1) is 0 Å². The molecule has 0 bridgehead atoms. The third kappa shape index (κ3) is 3.01. The quantitative estimate of drug-likeness (QED) is 0.790. The van der Waals surface area contributed by atoms with E-state index in [2.05, 4.69) is 20.6 Å². The van der Waals surface area contributed by atoms with Crippen molar-refractivity contribution in [2.75, 3.05) is 23.4 Å². The number of aromatic nitrogens is 2. The predicted octanol–water partition coefficient (Wildman–Crippen LogP) is 2.37. The highest BCUT2D eigenvalue weighted by atomic mass is 35.5. The average molecular weight is 264 g/mol. The van der Waals surface area contributed by atoms with Crippen LogP contribution in [0.15, 0.2) is 30.3 Å². The van der Waals surface area contributed by atoms with Crippen molar-refractivity contribution in [1.29, 1.82) is 0 Å². The van der Waals surface area contributed by atoms with E-state index in [1.54, 1.807) is 13.1 Å². The third-order valence-electron chi connectivity index (χ3n) is 2.42. The summed E-state index contributed by atoms with van der Waals surface area (Å²) in [7, 11) is 1.78. The lowest BCUT2D eigenvalue weighted by molar-refractivity contribution is 1.09. The van der Waals surface area contributed by atoms with Crippen LogP contribution in [0.3, 0.4) is 0 Å². The molecule has 0 spiro atoms. The minimum Gasteiger partial charge on any atom is -0.373 e. The lowest BCUT2D eigenvalue weighted by Crippen LogP contribution is -2.06. The average Bonchev–Trinajstić information content (AvgIpc) is 2.37. The number of benzene rings is 1. The van der Waals surface area contributed by atoms with E-state index >= 15 is 0 Å². The first-order chi connectivity index (χ1) is 8.69. The molecular weight excluding hydrogens is 250 g/mol. The number of halogens is 1. The highest BCUT2D eigenvalue weighted by molar-refractivity contribution is 6.31. The lowest BCUT2D eigenvalue weighted by atomic mass is 10.2. The van der Waals surface area contributed by atoms with E-state index in [-0.39, 0.29) is 5.95 Å². The molecule has 1 aromatic heterocycles. The SMILES string of the molecule is CNc1cc(NCc2ccccc2Cl)nc(N)n1. The molecule has 5 nitrogen and oxygen atoms in total. The van der Waals surface area contributed by atoms with Crippen LogP contribution in [0.1, 0.15) is 5.56 Å². The molecule has 0 aliphatic rings. The number of nitrogens with two attached hydrogens (primary N) is 1. The van der Waals surface area contributed by atoms with Crippen LogP contribution in [0.4, 0.5) is 17.6 Å². The minimum atomic E-state index is 0.225. The van der Waals surface area contributed by atoms with Crippen LogP contribution in [0.25, 0.3) is 0 Å². The molecule has 2 rings (SSSR count). The summed E-state index contributed by atoms with van der Waals surface area (Å²) in [6.45, 7) is 0.583. The molecule has 0 radical (unpaired) electrons. The number of hydrogen-bond acceptors (Lipinski definition) is 5. The van der Waals surface area contributed by atoms with Crippen LogP contribution < -0.4 is 16.4 Å². The largest absolute Gasteiger partial charge is 0.373 e. The van der Waals surface area contributed by atoms with Gasteiger partial charge >= 0.3 is 0 Å². The molecule has 0 amide bonds. The maximum Gasteiger partial charge on any atom is 0.223 e. The number of nitrogens with zero attached hydrogens (tertiary/aromatic N) is 2. The first-order valence-corrected chi connectivity index (χ1v) is 5.86. The molecule has 0 fully saturated rings. The molecule has 18 heavy (non-hydrogen) atoms. The summed E-state index contributed by atoms with van der Waals surface area (Å²) >= 11 is 6.07. The summed E-state index contributed by atoms with van der Waals surface area (Å²) in [6.07, 6.45) is 0. The van der Waals surface area contributed by atoms with Gasteiger partial charge in [0, 0.05) is 24.7 Å². The van der Waals surface area contributed by atoms with Crippen molar-refractivity contribution < 1.29 is 0 Å². The van der Waals surface area contributed by atoms with E-state index in [4.69, 9.17) is 17.3 Å². The zero-order valence-electron chi connectivity index (χ0n) is 9.94. The van der Waals surface area contributed by atoms with Gasteiger partial charge in [-0.2, -0.15) is 9.97 Å². The fraction of sp³-hybridized carbons (Fsp3) is 0.167. The number of nitrogen functional groups attached to an aromatic ring is 1. The highest BCUT2D eigenvalue weighted by Crippen LogP contribution is 2.17. The standard InChI is InChI=1S/C12H14ClN5/c1-15-10-6-11(18-12(14)17-10)16-7-8-4-2-3-5-9(8)13/h2-6H,7H2,1H3,(H4,14,15,16,17,18). The van der Waals surface area contributed by atoms with Crippen molar-refractivity contribution in [3.8, 4) is 0 Å². The Bertz CT molecular complexity index is 544. The molecule has 0 aliphatic heterocycles. The van der Waals surface area contributed by atoms with Gasteiger partial charge in [0.2, 0.25) is 5.95 Å². The van der Waals surface area contributed by atoms with Gasteiger partial charge in [-0.05, 0) is 11.6 Å². The summed E-state index contributed by atoms with van der Waals surface area (Å²) in [5, 5.41) is 6.81. The second kappa shape index (κ2) is 5.55. The Kier molecular flexibility index (Phi) is 3.84. The van der Waals surface area contributed by atoms with E-state index < -0.39 is 0 Å². The fourth-order valence-corrected chi connectivity index (χ4v) is 1.71. The fourth-order valence-electron chi connectivity index (χ4n) is 1.51. The molecule has 6 heteroatoms. The van der Waals surface area contributed by atoms with Gasteiger partial charge in [0.25, 0.3) is 0 Å². The zero-order chi connectivity index (χ0) is 13.0. The Labute approximate surface area is 110 Å². The first kappa shape index (κ1) is 12.4. The van der Waals surface area contributed by atoms with Gasteiger partial charge in [0.15, 0.2) is 0 Å². The van der Waals surface area contributed by atoms with E-state index in [0.717, 1.165) is 10.6 Å². The molecular formula is C12H14ClN5. The summed E-state index contributed by atoms with van der Waals surface area (Å²) in [5.41, 5.74) is 6.61. The number of hydrogen-bond donors (Lipinski definition) is 3. The van der Waals surface area contributed by atoms with Crippen molar-refractivity contribution in [2.24, 2.45) is 0 Å². The smallest absolute Gasteiger partial charge is 0.223 e. The third-order valence-corrected chi connectivity index (χ3v) is 2.79. The summed E-state index contributed by atoms with van der Waals surface area (Å²) < 4.78 is 0. The normalized spacial score (nSPS) is 10.1. The van der Waals surface area contributed by atoms with Gasteiger partial charge in [-0.15, -0.1) is 0 Å². The molecule has 0 unspecified atom stereocenters. The second-order valence-corrected chi connectivity index (χ2v) is 4.10. The van der Waals surface area contributed by atoms with E-state index in [1.807, 2.05) is 24.3 Å². The Balaban J connectivity index is 2.11. The van der Waals surface area contributed by atoms with Gasteiger partial charge in [0.05, 0.1) is 0 Å². The topological polar surface area (TPSA) is 75.9 Å². The predicted molar refractivity (Wildman–Crippen MR) is 74.8 cm³/mol. The van der Waals surface area contributed by atoms with Crippen LogP contribution in [-0.4, -0.2) is 17.0 Å². The zero-order valence-corrected chi connectivity index (χ0v) is 10.7. The van der Waals surface area contributed by atoms with Crippen LogP contribution >= 0.6 is 11.6 Å². The molecule has 0 saturated heterocycles. The molecule has 2 aromatic rings. The van der Waals surface area contributed by atoms with E-state index in [9.17, 15) is 0 Å².